The summed E-state index contributed by atoms with van der Waals surface area (Å²) in [6, 6.07) is 10.5. The number of ether oxygens (including phenoxy) is 1. The van der Waals surface area contributed by atoms with Crippen LogP contribution in [0.5, 0.6) is 0 Å². The molecule has 1 fully saturated rings. The van der Waals surface area contributed by atoms with Gasteiger partial charge in [0.1, 0.15) is 5.82 Å². The van der Waals surface area contributed by atoms with Crippen molar-refractivity contribution >= 4 is 28.2 Å². The topological polar surface area (TPSA) is 54.5 Å². The number of hydrogen-bond donors (Lipinski definition) is 1. The van der Waals surface area contributed by atoms with Crippen molar-refractivity contribution in [3.8, 4) is 0 Å². The zero-order valence-electron chi connectivity index (χ0n) is 18.7. The number of nitrogens with zero attached hydrogens (tertiary/aromatic N) is 2. The molecule has 1 amide bonds. The Morgan fingerprint density at radius 2 is 1.97 bits per heavy atom. The number of amides is 1. The Balaban J connectivity index is 1.77. The number of carbonyl (C=O) groups is 1. The van der Waals surface area contributed by atoms with E-state index in [1.54, 1.807) is 6.07 Å². The molecule has 0 spiro atoms. The van der Waals surface area contributed by atoms with Gasteiger partial charge < -0.3 is 15.0 Å². The number of fused-ring (bicyclic) bond motifs is 1. The lowest BCUT2D eigenvalue weighted by Crippen LogP contribution is -2.53. The van der Waals surface area contributed by atoms with Crippen LogP contribution in [0.15, 0.2) is 48.7 Å². The molecular weight excluding hydrogens is 431 g/mol. The van der Waals surface area contributed by atoms with Crippen molar-refractivity contribution in [2.24, 2.45) is 0 Å². The number of nitrogens with one attached hydrogen (secondary N) is 1. The normalized spacial score (nSPS) is 19.0. The lowest BCUT2D eigenvalue weighted by molar-refractivity contribution is -0.137. The minimum atomic E-state index is -4.44. The van der Waals surface area contributed by atoms with E-state index in [0.29, 0.717) is 30.0 Å². The summed E-state index contributed by atoms with van der Waals surface area (Å²) in [4.78, 5) is 20.0. The molecular formula is C25H26F3N3O2. The molecule has 174 valence electrons. The van der Waals surface area contributed by atoms with Gasteiger partial charge in [-0.25, -0.2) is 4.98 Å². The fraction of sp³-hybridized carbons (Fsp3) is 0.360. The summed E-state index contributed by atoms with van der Waals surface area (Å²) in [6.07, 6.45) is -2.15. The molecule has 2 heterocycles. The minimum Gasteiger partial charge on any atom is -0.377 e. The first kappa shape index (κ1) is 23.0. The summed E-state index contributed by atoms with van der Waals surface area (Å²) in [7, 11) is 0. The molecule has 0 aliphatic carbocycles. The van der Waals surface area contributed by atoms with E-state index in [-0.39, 0.29) is 23.7 Å². The number of aromatic nitrogens is 1. The van der Waals surface area contributed by atoms with E-state index < -0.39 is 11.7 Å². The standard InChI is InChI=1S/C25H26F3N3O2/c1-4-19-14-33-13-16(3)31(19)24(32)21-12-29-23(20-10-5-7-15(2)22(20)21)30-18-9-6-8-17(11-18)25(26,27)28/h5-12,16,19H,4,13-14H2,1-3H3,(H,29,30). The zero-order chi connectivity index (χ0) is 23.8. The Kier molecular flexibility index (Phi) is 6.30. The van der Waals surface area contributed by atoms with Crippen molar-refractivity contribution in [1.82, 2.24) is 9.88 Å². The van der Waals surface area contributed by atoms with Crippen molar-refractivity contribution < 1.29 is 22.7 Å². The Hall–Kier alpha value is -3.13. The van der Waals surface area contributed by atoms with E-state index in [4.69, 9.17) is 4.74 Å². The number of halogens is 3. The highest BCUT2D eigenvalue weighted by Gasteiger charge is 2.33. The van der Waals surface area contributed by atoms with Gasteiger partial charge in [0.25, 0.3) is 5.91 Å². The summed E-state index contributed by atoms with van der Waals surface area (Å²) in [5.74, 6) is 0.279. The molecule has 1 aliphatic heterocycles. The molecule has 8 heteroatoms. The maximum atomic E-state index is 13.7. The molecule has 1 saturated heterocycles. The highest BCUT2D eigenvalue weighted by molar-refractivity contribution is 6.11. The summed E-state index contributed by atoms with van der Waals surface area (Å²) in [5.41, 5.74) is 0.892. The van der Waals surface area contributed by atoms with Gasteiger partial charge in [0, 0.05) is 22.7 Å². The first-order valence-electron chi connectivity index (χ1n) is 10.9. The summed E-state index contributed by atoms with van der Waals surface area (Å²) in [6.45, 7) is 6.86. The number of pyridine rings is 1. The molecule has 0 radical (unpaired) electrons. The van der Waals surface area contributed by atoms with Crippen molar-refractivity contribution in [3.63, 3.8) is 0 Å². The third-order valence-electron chi connectivity index (χ3n) is 6.05. The molecule has 33 heavy (non-hydrogen) atoms. The SMILES string of the molecule is CCC1COCC(C)N1C(=O)c1cnc(Nc2cccc(C(F)(F)F)c2)c2cccc(C)c12. The lowest BCUT2D eigenvalue weighted by atomic mass is 9.99. The van der Waals surface area contributed by atoms with Gasteiger partial charge in [0.2, 0.25) is 0 Å². The van der Waals surface area contributed by atoms with E-state index in [1.807, 2.05) is 43.9 Å². The molecule has 2 aromatic carbocycles. The molecule has 3 aromatic rings. The molecule has 4 rings (SSSR count). The number of anilines is 2. The predicted octanol–water partition coefficient (Wildman–Crippen LogP) is 5.95. The molecule has 1 N–H and O–H groups in total. The van der Waals surface area contributed by atoms with Gasteiger partial charge in [-0.05, 0) is 44.0 Å². The van der Waals surface area contributed by atoms with Crippen LogP contribution in [0.4, 0.5) is 24.7 Å². The molecule has 2 atom stereocenters. The average Bonchev–Trinajstić information content (AvgIpc) is 2.78. The Morgan fingerprint density at radius 3 is 2.70 bits per heavy atom. The second kappa shape index (κ2) is 9.02. The van der Waals surface area contributed by atoms with Crippen LogP contribution in [0.2, 0.25) is 0 Å². The molecule has 1 aromatic heterocycles. The average molecular weight is 457 g/mol. The predicted molar refractivity (Wildman–Crippen MR) is 122 cm³/mol. The van der Waals surface area contributed by atoms with Crippen LogP contribution in [-0.2, 0) is 10.9 Å². The number of morpholine rings is 1. The summed E-state index contributed by atoms with van der Waals surface area (Å²) >= 11 is 0. The van der Waals surface area contributed by atoms with Gasteiger partial charge in [-0.2, -0.15) is 13.2 Å². The molecule has 0 saturated carbocycles. The van der Waals surface area contributed by atoms with Crippen LogP contribution >= 0.6 is 0 Å². The fourth-order valence-electron chi connectivity index (χ4n) is 4.37. The molecule has 2 unspecified atom stereocenters. The number of aryl methyl sites for hydroxylation is 1. The van der Waals surface area contributed by atoms with E-state index >= 15 is 0 Å². The zero-order valence-corrected chi connectivity index (χ0v) is 18.7. The second-order valence-electron chi connectivity index (χ2n) is 8.38. The second-order valence-corrected chi connectivity index (χ2v) is 8.38. The number of rotatable bonds is 4. The number of carbonyl (C=O) groups excluding carboxylic acids is 1. The molecule has 1 aliphatic rings. The highest BCUT2D eigenvalue weighted by Crippen LogP contribution is 2.34. The third-order valence-corrected chi connectivity index (χ3v) is 6.05. The quantitative estimate of drug-likeness (QED) is 0.526. The smallest absolute Gasteiger partial charge is 0.377 e. The monoisotopic (exact) mass is 457 g/mol. The fourth-order valence-corrected chi connectivity index (χ4v) is 4.37. The third kappa shape index (κ3) is 4.53. The van der Waals surface area contributed by atoms with Gasteiger partial charge >= 0.3 is 6.18 Å². The summed E-state index contributed by atoms with van der Waals surface area (Å²) in [5, 5.41) is 4.41. The maximum Gasteiger partial charge on any atom is 0.416 e. The van der Waals surface area contributed by atoms with Gasteiger partial charge in [0.15, 0.2) is 0 Å². The van der Waals surface area contributed by atoms with Crippen LogP contribution in [-0.4, -0.2) is 41.1 Å². The Morgan fingerprint density at radius 1 is 1.21 bits per heavy atom. The summed E-state index contributed by atoms with van der Waals surface area (Å²) < 4.78 is 45.0. The molecule has 5 nitrogen and oxygen atoms in total. The van der Waals surface area contributed by atoms with Crippen LogP contribution in [0, 0.1) is 6.92 Å². The van der Waals surface area contributed by atoms with Gasteiger partial charge in [0.05, 0.1) is 36.4 Å². The first-order valence-corrected chi connectivity index (χ1v) is 10.9. The van der Waals surface area contributed by atoms with Crippen LogP contribution in [0.3, 0.4) is 0 Å². The van der Waals surface area contributed by atoms with Crippen LogP contribution < -0.4 is 5.32 Å². The lowest BCUT2D eigenvalue weighted by Gasteiger charge is -2.40. The van der Waals surface area contributed by atoms with Gasteiger partial charge in [-0.1, -0.05) is 31.2 Å². The van der Waals surface area contributed by atoms with E-state index in [2.05, 4.69) is 10.3 Å². The van der Waals surface area contributed by atoms with E-state index in [0.717, 1.165) is 29.5 Å². The van der Waals surface area contributed by atoms with Crippen molar-refractivity contribution in [2.75, 3.05) is 18.5 Å². The van der Waals surface area contributed by atoms with E-state index in [1.165, 1.54) is 12.3 Å². The van der Waals surface area contributed by atoms with Crippen molar-refractivity contribution in [1.29, 1.82) is 0 Å². The van der Waals surface area contributed by atoms with Gasteiger partial charge in [-0.3, -0.25) is 4.79 Å². The molecule has 0 bridgehead atoms. The van der Waals surface area contributed by atoms with Gasteiger partial charge in [-0.15, -0.1) is 0 Å². The van der Waals surface area contributed by atoms with Crippen molar-refractivity contribution in [3.05, 3.63) is 65.4 Å². The number of hydrogen-bond acceptors (Lipinski definition) is 4. The minimum absolute atomic E-state index is 0.0248. The van der Waals surface area contributed by atoms with Crippen LogP contribution in [0.25, 0.3) is 10.8 Å². The largest absolute Gasteiger partial charge is 0.416 e. The Bertz CT molecular complexity index is 1180. The Labute approximate surface area is 190 Å². The number of benzene rings is 2. The highest BCUT2D eigenvalue weighted by atomic mass is 19.4. The van der Waals surface area contributed by atoms with E-state index in [9.17, 15) is 18.0 Å². The van der Waals surface area contributed by atoms with Crippen molar-refractivity contribution in [2.45, 2.75) is 45.5 Å². The van der Waals surface area contributed by atoms with Crippen LogP contribution in [0.1, 0.15) is 41.8 Å². The maximum absolute atomic E-state index is 13.7. The number of alkyl halides is 3. The first-order chi connectivity index (χ1) is 15.7.